The number of sulfonamides is 1. The molecule has 1 aromatic carbocycles. The van der Waals surface area contributed by atoms with Gasteiger partial charge in [0.05, 0.1) is 12.0 Å². The Morgan fingerprint density at radius 3 is 2.48 bits per heavy atom. The Kier molecular flexibility index (Phi) is 6.97. The third-order valence-corrected chi connectivity index (χ3v) is 5.99. The van der Waals surface area contributed by atoms with E-state index in [1.807, 2.05) is 20.8 Å². The van der Waals surface area contributed by atoms with E-state index < -0.39 is 10.0 Å². The van der Waals surface area contributed by atoms with Crippen molar-refractivity contribution in [2.24, 2.45) is 0 Å². The monoisotopic (exact) mass is 333 g/mol. The van der Waals surface area contributed by atoms with E-state index in [-0.39, 0.29) is 6.04 Å². The van der Waals surface area contributed by atoms with Gasteiger partial charge in [0, 0.05) is 18.5 Å². The number of aryl methyl sites for hydroxylation is 1. The Labute approximate surface area is 133 Å². The molecule has 21 heavy (non-hydrogen) atoms. The summed E-state index contributed by atoms with van der Waals surface area (Å²) in [5.74, 6) is 1.01. The normalized spacial score (nSPS) is 13.4. The molecule has 1 unspecified atom stereocenters. The second kappa shape index (κ2) is 8.01. The minimum Gasteiger partial charge on any atom is -0.497 e. The lowest BCUT2D eigenvalue weighted by atomic mass is 10.1. The number of hydrogen-bond acceptors (Lipinski definition) is 3. The molecule has 0 spiro atoms. The Hall–Kier alpha value is -0.780. The number of hydrogen-bond donors (Lipinski definition) is 0. The molecule has 0 aromatic heterocycles. The van der Waals surface area contributed by atoms with E-state index in [1.165, 1.54) is 4.31 Å². The van der Waals surface area contributed by atoms with Crippen LogP contribution in [0.15, 0.2) is 23.1 Å². The molecule has 0 bridgehead atoms. The minimum atomic E-state index is -3.52. The van der Waals surface area contributed by atoms with Crippen molar-refractivity contribution in [3.63, 3.8) is 0 Å². The number of ether oxygens (including phenoxy) is 1. The summed E-state index contributed by atoms with van der Waals surface area (Å²) in [6.45, 7) is 6.21. The molecule has 1 aromatic rings. The van der Waals surface area contributed by atoms with Gasteiger partial charge < -0.3 is 4.74 Å². The van der Waals surface area contributed by atoms with Crippen LogP contribution in [0.5, 0.6) is 5.75 Å². The molecule has 0 aliphatic rings. The second-order valence-electron chi connectivity index (χ2n) is 4.88. The molecule has 0 saturated heterocycles. The minimum absolute atomic E-state index is 0.0362. The predicted molar refractivity (Wildman–Crippen MR) is 86.7 cm³/mol. The van der Waals surface area contributed by atoms with Crippen LogP contribution < -0.4 is 4.74 Å². The number of halogens is 1. The van der Waals surface area contributed by atoms with E-state index in [9.17, 15) is 8.42 Å². The van der Waals surface area contributed by atoms with Gasteiger partial charge in [-0.3, -0.25) is 0 Å². The maximum absolute atomic E-state index is 12.9. The van der Waals surface area contributed by atoms with Crippen molar-refractivity contribution in [2.45, 2.75) is 44.6 Å². The SMILES string of the molecule is CCC(C)N(CC)S(=O)(=O)c1ccc(OC)cc1CCCl. The van der Waals surface area contributed by atoms with E-state index in [2.05, 4.69) is 0 Å². The lowest BCUT2D eigenvalue weighted by molar-refractivity contribution is 0.342. The van der Waals surface area contributed by atoms with Gasteiger partial charge in [-0.05, 0) is 43.5 Å². The topological polar surface area (TPSA) is 46.6 Å². The standard InChI is InChI=1S/C15H24ClNO3S/c1-5-12(3)17(6-2)21(18,19)15-8-7-14(20-4)11-13(15)9-10-16/h7-8,11-12H,5-6,9-10H2,1-4H3. The summed E-state index contributed by atoms with van der Waals surface area (Å²) in [6.07, 6.45) is 1.26. The Balaban J connectivity index is 3.35. The number of rotatable bonds is 8. The summed E-state index contributed by atoms with van der Waals surface area (Å²) in [5, 5.41) is 0. The van der Waals surface area contributed by atoms with Gasteiger partial charge in [-0.2, -0.15) is 4.31 Å². The third kappa shape index (κ3) is 4.11. The first kappa shape index (κ1) is 18.3. The van der Waals surface area contributed by atoms with Crippen LogP contribution in [-0.2, 0) is 16.4 Å². The van der Waals surface area contributed by atoms with Crippen LogP contribution in [-0.4, -0.2) is 38.3 Å². The van der Waals surface area contributed by atoms with Crippen molar-refractivity contribution in [3.8, 4) is 5.75 Å². The van der Waals surface area contributed by atoms with Crippen LogP contribution in [0.2, 0.25) is 0 Å². The van der Waals surface area contributed by atoms with Crippen molar-refractivity contribution >= 4 is 21.6 Å². The fourth-order valence-electron chi connectivity index (χ4n) is 2.28. The van der Waals surface area contributed by atoms with Crippen LogP contribution in [0.1, 0.15) is 32.8 Å². The number of alkyl halides is 1. The van der Waals surface area contributed by atoms with Crippen LogP contribution in [0.4, 0.5) is 0 Å². The van der Waals surface area contributed by atoms with Crippen molar-refractivity contribution in [2.75, 3.05) is 19.5 Å². The molecule has 0 N–H and O–H groups in total. The maximum Gasteiger partial charge on any atom is 0.243 e. The van der Waals surface area contributed by atoms with Gasteiger partial charge in [-0.15, -0.1) is 11.6 Å². The zero-order chi connectivity index (χ0) is 16.0. The Morgan fingerprint density at radius 2 is 2.00 bits per heavy atom. The van der Waals surface area contributed by atoms with Crippen LogP contribution in [0, 0.1) is 0 Å². The average Bonchev–Trinajstić information content (AvgIpc) is 2.47. The molecule has 120 valence electrons. The zero-order valence-corrected chi connectivity index (χ0v) is 14.7. The third-order valence-electron chi connectivity index (χ3n) is 3.61. The number of benzene rings is 1. The van der Waals surface area contributed by atoms with Gasteiger partial charge in [-0.25, -0.2) is 8.42 Å². The van der Waals surface area contributed by atoms with E-state index >= 15 is 0 Å². The Bertz CT molecular complexity index is 560. The lowest BCUT2D eigenvalue weighted by Crippen LogP contribution is -2.38. The quantitative estimate of drug-likeness (QED) is 0.686. The molecule has 0 heterocycles. The molecule has 4 nitrogen and oxygen atoms in total. The first-order valence-electron chi connectivity index (χ1n) is 7.17. The lowest BCUT2D eigenvalue weighted by Gasteiger charge is -2.27. The summed E-state index contributed by atoms with van der Waals surface area (Å²) >= 11 is 5.81. The zero-order valence-electron chi connectivity index (χ0n) is 13.1. The molecule has 1 atom stereocenters. The smallest absolute Gasteiger partial charge is 0.243 e. The number of nitrogens with zero attached hydrogens (tertiary/aromatic N) is 1. The molecule has 1 rings (SSSR count). The molecule has 0 radical (unpaired) electrons. The van der Waals surface area contributed by atoms with Gasteiger partial charge in [-0.1, -0.05) is 13.8 Å². The fourth-order valence-corrected chi connectivity index (χ4v) is 4.43. The summed E-state index contributed by atoms with van der Waals surface area (Å²) in [7, 11) is -1.96. The molecular weight excluding hydrogens is 310 g/mol. The van der Waals surface area contributed by atoms with Crippen molar-refractivity contribution in [1.82, 2.24) is 4.31 Å². The highest BCUT2D eigenvalue weighted by Crippen LogP contribution is 2.27. The highest BCUT2D eigenvalue weighted by Gasteiger charge is 2.28. The molecule has 0 saturated carbocycles. The van der Waals surface area contributed by atoms with Crippen molar-refractivity contribution in [3.05, 3.63) is 23.8 Å². The van der Waals surface area contributed by atoms with Crippen LogP contribution in [0.25, 0.3) is 0 Å². The average molecular weight is 334 g/mol. The van der Waals surface area contributed by atoms with Crippen molar-refractivity contribution in [1.29, 1.82) is 0 Å². The highest BCUT2D eigenvalue weighted by molar-refractivity contribution is 7.89. The second-order valence-corrected chi connectivity index (χ2v) is 7.12. The van der Waals surface area contributed by atoms with E-state index in [0.29, 0.717) is 35.1 Å². The predicted octanol–water partition coefficient (Wildman–Crippen LogP) is 3.29. The molecule has 6 heteroatoms. The van der Waals surface area contributed by atoms with Crippen molar-refractivity contribution < 1.29 is 13.2 Å². The fraction of sp³-hybridized carbons (Fsp3) is 0.600. The summed E-state index contributed by atoms with van der Waals surface area (Å²) in [5.41, 5.74) is 0.700. The molecule has 0 fully saturated rings. The number of methoxy groups -OCH3 is 1. The van der Waals surface area contributed by atoms with E-state index in [1.54, 1.807) is 25.3 Å². The van der Waals surface area contributed by atoms with Gasteiger partial charge in [0.2, 0.25) is 10.0 Å². The first-order chi connectivity index (χ1) is 9.92. The van der Waals surface area contributed by atoms with Gasteiger partial charge >= 0.3 is 0 Å². The molecule has 0 amide bonds. The van der Waals surface area contributed by atoms with E-state index in [0.717, 1.165) is 6.42 Å². The Morgan fingerprint density at radius 1 is 1.33 bits per heavy atom. The summed E-state index contributed by atoms with van der Waals surface area (Å²) in [4.78, 5) is 0.325. The van der Waals surface area contributed by atoms with Gasteiger partial charge in [0.1, 0.15) is 5.75 Å². The molecule has 0 aliphatic heterocycles. The summed E-state index contributed by atoms with van der Waals surface area (Å²) in [6, 6.07) is 5.00. The molecule has 0 aliphatic carbocycles. The molecular formula is C15H24ClNO3S. The largest absolute Gasteiger partial charge is 0.497 e. The van der Waals surface area contributed by atoms with Crippen LogP contribution >= 0.6 is 11.6 Å². The van der Waals surface area contributed by atoms with E-state index in [4.69, 9.17) is 16.3 Å². The summed E-state index contributed by atoms with van der Waals surface area (Å²) < 4.78 is 32.5. The first-order valence-corrected chi connectivity index (χ1v) is 9.14. The van der Waals surface area contributed by atoms with Gasteiger partial charge in [0.15, 0.2) is 0 Å². The van der Waals surface area contributed by atoms with Gasteiger partial charge in [0.25, 0.3) is 0 Å². The maximum atomic E-state index is 12.9. The van der Waals surface area contributed by atoms with Crippen LogP contribution in [0.3, 0.4) is 0 Å². The highest BCUT2D eigenvalue weighted by atomic mass is 35.5.